The molecule has 1 fully saturated rings. The fourth-order valence-electron chi connectivity index (χ4n) is 2.69. The summed E-state index contributed by atoms with van der Waals surface area (Å²) in [4.78, 5) is 28.8. The number of amidine groups is 1. The third kappa shape index (κ3) is 6.33. The van der Waals surface area contributed by atoms with Crippen molar-refractivity contribution in [3.63, 3.8) is 0 Å². The minimum atomic E-state index is -0.496. The average molecular weight is 413 g/mol. The van der Waals surface area contributed by atoms with E-state index in [1.54, 1.807) is 31.4 Å². The number of hydrogen-bond acceptors (Lipinski definition) is 6. The first-order valence-corrected chi connectivity index (χ1v) is 10.1. The summed E-state index contributed by atoms with van der Waals surface area (Å²) in [5.74, 6) is 0.970. The van der Waals surface area contributed by atoms with Gasteiger partial charge in [0, 0.05) is 19.2 Å². The van der Waals surface area contributed by atoms with Gasteiger partial charge in [-0.1, -0.05) is 30.0 Å². The molecule has 1 heterocycles. The topological polar surface area (TPSA) is 89.0 Å². The molecular formula is C21H23N3O4S. The van der Waals surface area contributed by atoms with Gasteiger partial charge in [0.05, 0.1) is 12.6 Å². The van der Waals surface area contributed by atoms with Crippen LogP contribution in [0, 0.1) is 0 Å². The number of aliphatic imine (C=N–C) groups is 1. The molecule has 2 aromatic carbocycles. The molecule has 0 unspecified atom stereocenters. The largest absolute Gasteiger partial charge is 0.457 e. The first-order valence-electron chi connectivity index (χ1n) is 9.20. The quantitative estimate of drug-likeness (QED) is 0.692. The van der Waals surface area contributed by atoms with Crippen LogP contribution in [0.5, 0.6) is 11.5 Å². The summed E-state index contributed by atoms with van der Waals surface area (Å²) in [5.41, 5.74) is 0.640. The van der Waals surface area contributed by atoms with Crippen molar-refractivity contribution in [1.29, 1.82) is 0 Å². The van der Waals surface area contributed by atoms with Crippen molar-refractivity contribution < 1.29 is 19.1 Å². The number of amides is 2. The van der Waals surface area contributed by atoms with Crippen LogP contribution >= 0.6 is 11.8 Å². The van der Waals surface area contributed by atoms with Gasteiger partial charge in [0.15, 0.2) is 5.17 Å². The predicted molar refractivity (Wildman–Crippen MR) is 114 cm³/mol. The third-order valence-corrected chi connectivity index (χ3v) is 5.11. The number of nitrogens with one attached hydrogen (secondary N) is 2. The number of para-hydroxylation sites is 1. The molecule has 152 valence electrons. The van der Waals surface area contributed by atoms with Crippen molar-refractivity contribution in [3.8, 4) is 11.5 Å². The van der Waals surface area contributed by atoms with Crippen molar-refractivity contribution in [2.75, 3.05) is 19.0 Å². The Labute approximate surface area is 173 Å². The number of hydrogen-bond donors (Lipinski definition) is 2. The summed E-state index contributed by atoms with van der Waals surface area (Å²) in [5, 5.41) is 5.56. The van der Waals surface area contributed by atoms with Gasteiger partial charge < -0.3 is 20.1 Å². The maximum atomic E-state index is 12.3. The monoisotopic (exact) mass is 413 g/mol. The van der Waals surface area contributed by atoms with Crippen LogP contribution < -0.4 is 15.4 Å². The van der Waals surface area contributed by atoms with Crippen molar-refractivity contribution in [2.24, 2.45) is 4.99 Å². The fourth-order valence-corrected chi connectivity index (χ4v) is 3.76. The Kier molecular flexibility index (Phi) is 7.26. The highest BCUT2D eigenvalue weighted by Gasteiger charge is 2.32. The molecule has 7 nitrogen and oxygen atoms in total. The Hall–Kier alpha value is -2.84. The normalized spacial score (nSPS) is 18.3. The second-order valence-corrected chi connectivity index (χ2v) is 7.72. The number of benzene rings is 2. The van der Waals surface area contributed by atoms with Gasteiger partial charge >= 0.3 is 0 Å². The van der Waals surface area contributed by atoms with E-state index in [4.69, 9.17) is 9.47 Å². The maximum Gasteiger partial charge on any atom is 0.240 e. The molecule has 2 N–H and O–H groups in total. The van der Waals surface area contributed by atoms with Gasteiger partial charge in [0.2, 0.25) is 11.8 Å². The Morgan fingerprint density at radius 2 is 1.86 bits per heavy atom. The van der Waals surface area contributed by atoms with Crippen molar-refractivity contribution >= 4 is 34.4 Å². The Balaban J connectivity index is 1.51. The molecule has 2 aromatic rings. The zero-order chi connectivity index (χ0) is 20.6. The zero-order valence-corrected chi connectivity index (χ0v) is 17.1. The number of ether oxygens (including phenoxy) is 2. The molecule has 8 heteroatoms. The van der Waals surface area contributed by atoms with Gasteiger partial charge in [-0.2, -0.15) is 0 Å². The molecule has 0 bridgehead atoms. The molecule has 0 aliphatic carbocycles. The second kappa shape index (κ2) is 10.1. The molecule has 1 saturated heterocycles. The lowest BCUT2D eigenvalue weighted by atomic mass is 10.2. The van der Waals surface area contributed by atoms with Crippen LogP contribution in [-0.2, 0) is 14.3 Å². The smallest absolute Gasteiger partial charge is 0.240 e. The number of nitrogens with zero attached hydrogens (tertiary/aromatic N) is 1. The molecule has 0 saturated carbocycles. The van der Waals surface area contributed by atoms with E-state index in [-0.39, 0.29) is 24.3 Å². The second-order valence-electron chi connectivity index (χ2n) is 6.53. The van der Waals surface area contributed by atoms with E-state index >= 15 is 0 Å². The summed E-state index contributed by atoms with van der Waals surface area (Å²) in [6, 6.07) is 16.5. The number of carbonyl (C=O) groups is 2. The van der Waals surface area contributed by atoms with E-state index < -0.39 is 5.25 Å². The van der Waals surface area contributed by atoms with Crippen molar-refractivity contribution in [2.45, 2.75) is 24.6 Å². The summed E-state index contributed by atoms with van der Waals surface area (Å²) in [7, 11) is 1.60. The van der Waals surface area contributed by atoms with Gasteiger partial charge in [-0.15, -0.1) is 0 Å². The molecule has 0 radical (unpaired) electrons. The molecule has 29 heavy (non-hydrogen) atoms. The van der Waals surface area contributed by atoms with Crippen molar-refractivity contribution in [1.82, 2.24) is 5.32 Å². The van der Waals surface area contributed by atoms with Crippen LogP contribution in [0.3, 0.4) is 0 Å². The standard InChI is InChI=1S/C21H23N3O4S/c1-14(13-27-2)22-21-24-20(26)18(29-21)12-19(25)23-15-8-10-17(11-9-15)28-16-6-4-3-5-7-16/h3-11,14,18H,12-13H2,1-2H3,(H,23,25)(H,22,24,26)/t14-,18-/m0/s1. The summed E-state index contributed by atoms with van der Waals surface area (Å²) in [6.45, 7) is 2.36. The number of anilines is 1. The van der Waals surface area contributed by atoms with Gasteiger partial charge in [-0.05, 0) is 43.3 Å². The van der Waals surface area contributed by atoms with Crippen LogP contribution in [0.2, 0.25) is 0 Å². The molecule has 1 aliphatic rings. The van der Waals surface area contributed by atoms with Gasteiger partial charge in [0.25, 0.3) is 0 Å². The van der Waals surface area contributed by atoms with E-state index in [1.807, 2.05) is 37.3 Å². The first kappa shape index (κ1) is 20.9. The Bertz CT molecular complexity index is 871. The lowest BCUT2D eigenvalue weighted by molar-refractivity contribution is -0.122. The SMILES string of the molecule is COC[C@H](C)N=C1NC(=O)[C@H](CC(=O)Nc2ccc(Oc3ccccc3)cc2)S1. The Morgan fingerprint density at radius 3 is 2.55 bits per heavy atom. The predicted octanol–water partition coefficient (Wildman–Crippen LogP) is 3.43. The molecule has 2 amide bonds. The Morgan fingerprint density at radius 1 is 1.17 bits per heavy atom. The van der Waals surface area contributed by atoms with E-state index in [1.165, 1.54) is 11.8 Å². The fraction of sp³-hybridized carbons (Fsp3) is 0.286. The average Bonchev–Trinajstić information content (AvgIpc) is 3.03. The number of rotatable bonds is 8. The number of methoxy groups -OCH3 is 1. The lowest BCUT2D eigenvalue weighted by Gasteiger charge is -2.09. The van der Waals surface area contributed by atoms with Crippen LogP contribution in [0.15, 0.2) is 59.6 Å². The van der Waals surface area contributed by atoms with Gasteiger partial charge in [0.1, 0.15) is 16.7 Å². The highest BCUT2D eigenvalue weighted by Crippen LogP contribution is 2.25. The molecular weight excluding hydrogens is 390 g/mol. The lowest BCUT2D eigenvalue weighted by Crippen LogP contribution is -2.28. The van der Waals surface area contributed by atoms with Crippen LogP contribution in [0.25, 0.3) is 0 Å². The van der Waals surface area contributed by atoms with Gasteiger partial charge in [-0.25, -0.2) is 0 Å². The molecule has 3 rings (SSSR count). The van der Waals surface area contributed by atoms with Gasteiger partial charge in [-0.3, -0.25) is 14.6 Å². The van der Waals surface area contributed by atoms with E-state index in [0.717, 1.165) is 5.75 Å². The molecule has 0 aromatic heterocycles. The highest BCUT2D eigenvalue weighted by molar-refractivity contribution is 8.15. The zero-order valence-electron chi connectivity index (χ0n) is 16.3. The van der Waals surface area contributed by atoms with Crippen LogP contribution in [0.1, 0.15) is 13.3 Å². The molecule has 0 spiro atoms. The van der Waals surface area contributed by atoms with E-state index in [0.29, 0.717) is 23.2 Å². The number of thioether (sulfide) groups is 1. The molecule has 1 aliphatic heterocycles. The van der Waals surface area contributed by atoms with E-state index in [9.17, 15) is 9.59 Å². The molecule has 2 atom stereocenters. The minimum Gasteiger partial charge on any atom is -0.457 e. The summed E-state index contributed by atoms with van der Waals surface area (Å²) in [6.07, 6.45) is 0.0659. The van der Waals surface area contributed by atoms with Crippen LogP contribution in [0.4, 0.5) is 5.69 Å². The van der Waals surface area contributed by atoms with Crippen molar-refractivity contribution in [3.05, 3.63) is 54.6 Å². The highest BCUT2D eigenvalue weighted by atomic mass is 32.2. The summed E-state index contributed by atoms with van der Waals surface area (Å²) >= 11 is 1.27. The van der Waals surface area contributed by atoms with E-state index in [2.05, 4.69) is 15.6 Å². The first-order chi connectivity index (χ1) is 14.0. The maximum absolute atomic E-state index is 12.3. The van der Waals surface area contributed by atoms with Crippen LogP contribution in [-0.4, -0.2) is 42.0 Å². The third-order valence-electron chi connectivity index (χ3n) is 4.01. The number of carbonyl (C=O) groups excluding carboxylic acids is 2. The summed E-state index contributed by atoms with van der Waals surface area (Å²) < 4.78 is 10.8. The minimum absolute atomic E-state index is 0.0630.